The van der Waals surface area contributed by atoms with Gasteiger partial charge in [-0.2, -0.15) is 0 Å². The number of para-hydroxylation sites is 7. The van der Waals surface area contributed by atoms with Crippen molar-refractivity contribution in [3.05, 3.63) is 212 Å². The van der Waals surface area contributed by atoms with Crippen molar-refractivity contribution >= 4 is 51.2 Å². The van der Waals surface area contributed by atoms with Crippen molar-refractivity contribution in [2.75, 3.05) is 14.7 Å². The van der Waals surface area contributed by atoms with Crippen molar-refractivity contribution in [3.8, 4) is 56.8 Å². The van der Waals surface area contributed by atoms with Crippen LogP contribution in [0.2, 0.25) is 0 Å². The Balaban J connectivity index is 0.924. The van der Waals surface area contributed by atoms with Crippen molar-refractivity contribution in [2.24, 2.45) is 0 Å². The van der Waals surface area contributed by atoms with E-state index < -0.39 is 0 Å². The second kappa shape index (κ2) is 13.7. The molecule has 3 aliphatic rings. The molecular formula is C54H35N3O3. The van der Waals surface area contributed by atoms with E-state index >= 15 is 0 Å². The summed E-state index contributed by atoms with van der Waals surface area (Å²) in [6.45, 7) is 0. The molecule has 3 aliphatic heterocycles. The van der Waals surface area contributed by atoms with E-state index in [1.165, 1.54) is 0 Å². The maximum Gasteiger partial charge on any atom is 0.152 e. The molecule has 3 heterocycles. The molecule has 0 spiro atoms. The third-order valence-electron chi connectivity index (χ3n) is 11.4. The van der Waals surface area contributed by atoms with Crippen molar-refractivity contribution in [2.45, 2.75) is 0 Å². The summed E-state index contributed by atoms with van der Waals surface area (Å²) in [5.41, 5.74) is 13.2. The van der Waals surface area contributed by atoms with E-state index in [0.29, 0.717) is 0 Å². The molecule has 0 unspecified atom stereocenters. The Kier molecular flexibility index (Phi) is 7.74. The summed E-state index contributed by atoms with van der Waals surface area (Å²) < 4.78 is 20.0. The molecule has 6 nitrogen and oxygen atoms in total. The van der Waals surface area contributed by atoms with E-state index in [-0.39, 0.29) is 0 Å². The second-order valence-corrected chi connectivity index (χ2v) is 15.0. The summed E-state index contributed by atoms with van der Waals surface area (Å²) in [5, 5.41) is 0. The van der Waals surface area contributed by atoms with Crippen molar-refractivity contribution in [1.82, 2.24) is 0 Å². The quantitative estimate of drug-likeness (QED) is 0.173. The van der Waals surface area contributed by atoms with Crippen LogP contribution in [0.4, 0.5) is 51.2 Å². The summed E-state index contributed by atoms with van der Waals surface area (Å²) in [5.74, 6) is 4.74. The highest BCUT2D eigenvalue weighted by molar-refractivity contribution is 5.92. The van der Waals surface area contributed by atoms with E-state index in [4.69, 9.17) is 14.2 Å². The minimum Gasteiger partial charge on any atom is -0.453 e. The molecule has 9 aromatic rings. The van der Waals surface area contributed by atoms with Crippen LogP contribution >= 0.6 is 0 Å². The summed E-state index contributed by atoms with van der Waals surface area (Å²) in [6, 6.07) is 73.4. The third kappa shape index (κ3) is 5.57. The Bertz CT molecular complexity index is 2910. The fourth-order valence-corrected chi connectivity index (χ4v) is 8.61. The molecule has 12 rings (SSSR count). The first-order valence-electron chi connectivity index (χ1n) is 20.1. The summed E-state index contributed by atoms with van der Waals surface area (Å²) in [7, 11) is 0. The normalized spacial score (nSPS) is 13.0. The average Bonchev–Trinajstić information content (AvgIpc) is 3.31. The molecule has 0 radical (unpaired) electrons. The van der Waals surface area contributed by atoms with Crippen LogP contribution in [0.3, 0.4) is 0 Å². The molecule has 0 N–H and O–H groups in total. The van der Waals surface area contributed by atoms with Gasteiger partial charge in [-0.25, -0.2) is 0 Å². The van der Waals surface area contributed by atoms with Gasteiger partial charge < -0.3 is 28.9 Å². The molecule has 0 aliphatic carbocycles. The van der Waals surface area contributed by atoms with E-state index in [0.717, 1.165) is 108 Å². The molecule has 0 amide bonds. The molecule has 0 saturated heterocycles. The zero-order valence-corrected chi connectivity index (χ0v) is 32.3. The van der Waals surface area contributed by atoms with Gasteiger partial charge in [0.2, 0.25) is 0 Å². The number of hydrogen-bond donors (Lipinski definition) is 0. The molecule has 60 heavy (non-hydrogen) atoms. The van der Waals surface area contributed by atoms with E-state index in [2.05, 4.69) is 172 Å². The molecule has 0 fully saturated rings. The SMILES string of the molecule is c1ccc(N2c3ccccc3Oc3cc(-c4ccc5c(c4)Oc4cc(-c6ccc7c(c6)Oc6ccccc6N7c6ccccc6)ccc4N5c4ccccc4)ccc32)cc1. The molecule has 0 aromatic heterocycles. The first-order chi connectivity index (χ1) is 29.7. The van der Waals surface area contributed by atoms with Crippen molar-refractivity contribution < 1.29 is 14.2 Å². The van der Waals surface area contributed by atoms with E-state index in [9.17, 15) is 0 Å². The highest BCUT2D eigenvalue weighted by Crippen LogP contribution is 2.55. The number of benzene rings is 9. The fraction of sp³-hybridized carbons (Fsp3) is 0. The summed E-state index contributed by atoms with van der Waals surface area (Å²) in [4.78, 5) is 6.79. The maximum absolute atomic E-state index is 6.90. The van der Waals surface area contributed by atoms with Crippen LogP contribution in [0.25, 0.3) is 22.3 Å². The van der Waals surface area contributed by atoms with E-state index in [1.807, 2.05) is 54.6 Å². The Morgan fingerprint density at radius 2 is 0.467 bits per heavy atom. The minimum absolute atomic E-state index is 0.764. The maximum atomic E-state index is 6.90. The molecule has 0 atom stereocenters. The standard InChI is InChI=1S/C54H35N3O3/c1-4-14-40(15-5-1)55-43-20-10-12-22-49(43)58-51-32-36(24-28-45(51)55)38-26-30-47-53(34-38)60-54-35-39(27-31-48(54)57(47)42-18-8-3-9-19-42)37-25-29-46-52(33-37)59-50-23-13-11-21-44(50)56(46)41-16-6-2-7-17-41/h1-35H. The van der Waals surface area contributed by atoms with Crippen LogP contribution in [-0.4, -0.2) is 0 Å². The summed E-state index contributed by atoms with van der Waals surface area (Å²) >= 11 is 0. The third-order valence-corrected chi connectivity index (χ3v) is 11.4. The fourth-order valence-electron chi connectivity index (χ4n) is 8.61. The number of ether oxygens (including phenoxy) is 3. The van der Waals surface area contributed by atoms with Crippen LogP contribution < -0.4 is 28.9 Å². The van der Waals surface area contributed by atoms with Gasteiger partial charge in [0.1, 0.15) is 0 Å². The largest absolute Gasteiger partial charge is 0.453 e. The average molecular weight is 774 g/mol. The number of fused-ring (bicyclic) bond motifs is 6. The van der Waals surface area contributed by atoms with Gasteiger partial charge in [-0.05, 0) is 131 Å². The Hall–Kier alpha value is -8.22. The lowest BCUT2D eigenvalue weighted by Crippen LogP contribution is -2.16. The highest BCUT2D eigenvalue weighted by Gasteiger charge is 2.30. The Morgan fingerprint density at radius 3 is 0.783 bits per heavy atom. The lowest BCUT2D eigenvalue weighted by atomic mass is 9.99. The lowest BCUT2D eigenvalue weighted by molar-refractivity contribution is 0.476. The van der Waals surface area contributed by atoms with Crippen LogP contribution in [0.1, 0.15) is 0 Å². The zero-order valence-electron chi connectivity index (χ0n) is 32.3. The first kappa shape index (κ1) is 33.9. The monoisotopic (exact) mass is 773 g/mol. The lowest BCUT2D eigenvalue weighted by Gasteiger charge is -2.34. The molecule has 0 saturated carbocycles. The van der Waals surface area contributed by atoms with Crippen LogP contribution in [-0.2, 0) is 0 Å². The van der Waals surface area contributed by atoms with Gasteiger partial charge in [-0.1, -0.05) is 103 Å². The van der Waals surface area contributed by atoms with Crippen LogP contribution in [0.5, 0.6) is 34.5 Å². The number of rotatable bonds is 5. The Labute approximate surface area is 347 Å². The second-order valence-electron chi connectivity index (χ2n) is 15.0. The summed E-state index contributed by atoms with van der Waals surface area (Å²) in [6.07, 6.45) is 0. The van der Waals surface area contributed by atoms with Crippen LogP contribution in [0.15, 0.2) is 212 Å². The predicted molar refractivity (Wildman–Crippen MR) is 242 cm³/mol. The van der Waals surface area contributed by atoms with Gasteiger partial charge in [0.25, 0.3) is 0 Å². The number of hydrogen-bond acceptors (Lipinski definition) is 6. The van der Waals surface area contributed by atoms with Gasteiger partial charge in [0.15, 0.2) is 34.5 Å². The van der Waals surface area contributed by atoms with Crippen molar-refractivity contribution in [1.29, 1.82) is 0 Å². The van der Waals surface area contributed by atoms with Crippen LogP contribution in [0, 0.1) is 0 Å². The van der Waals surface area contributed by atoms with Crippen molar-refractivity contribution in [3.63, 3.8) is 0 Å². The minimum atomic E-state index is 0.764. The van der Waals surface area contributed by atoms with E-state index in [1.54, 1.807) is 0 Å². The van der Waals surface area contributed by atoms with Gasteiger partial charge in [0.05, 0.1) is 34.1 Å². The van der Waals surface area contributed by atoms with Gasteiger partial charge in [-0.15, -0.1) is 0 Å². The highest BCUT2D eigenvalue weighted by atomic mass is 16.5. The number of nitrogens with zero attached hydrogens (tertiary/aromatic N) is 3. The van der Waals surface area contributed by atoms with Gasteiger partial charge in [-0.3, -0.25) is 0 Å². The topological polar surface area (TPSA) is 37.4 Å². The predicted octanol–water partition coefficient (Wildman–Crippen LogP) is 15.7. The van der Waals surface area contributed by atoms with Gasteiger partial charge in [0, 0.05) is 17.1 Å². The molecule has 284 valence electrons. The van der Waals surface area contributed by atoms with Gasteiger partial charge >= 0.3 is 0 Å². The first-order valence-corrected chi connectivity index (χ1v) is 20.1. The zero-order chi connectivity index (χ0) is 39.6. The molecular weight excluding hydrogens is 739 g/mol. The Morgan fingerprint density at radius 1 is 0.217 bits per heavy atom. The number of anilines is 9. The molecule has 0 bridgehead atoms. The molecule has 9 aromatic carbocycles. The smallest absolute Gasteiger partial charge is 0.152 e. The molecule has 6 heteroatoms.